The molecule has 5 nitrogen and oxygen atoms in total. The molecule has 1 aromatic heterocycles. The van der Waals surface area contributed by atoms with E-state index in [9.17, 15) is 9.59 Å². The first-order valence-electron chi connectivity index (χ1n) is 5.50. The number of methoxy groups -OCH3 is 1. The van der Waals surface area contributed by atoms with Gasteiger partial charge in [-0.15, -0.1) is 6.58 Å². The van der Waals surface area contributed by atoms with Crippen molar-refractivity contribution in [3.05, 3.63) is 47.0 Å². The lowest BCUT2D eigenvalue weighted by atomic mass is 10.2. The maximum Gasteiger partial charge on any atom is 0.419 e. The van der Waals surface area contributed by atoms with E-state index in [1.807, 2.05) is 0 Å². The van der Waals surface area contributed by atoms with Crippen LogP contribution in [0, 0.1) is 0 Å². The van der Waals surface area contributed by atoms with Gasteiger partial charge in [0.25, 0.3) is 0 Å². The maximum atomic E-state index is 11.6. The zero-order chi connectivity index (χ0) is 13.1. The summed E-state index contributed by atoms with van der Waals surface area (Å²) in [4.78, 5) is 23.0. The van der Waals surface area contributed by atoms with Gasteiger partial charge in [-0.05, 0) is 24.6 Å². The molecule has 2 aromatic rings. The van der Waals surface area contributed by atoms with Crippen molar-refractivity contribution in [1.82, 2.24) is 4.57 Å². The molecule has 0 fully saturated rings. The van der Waals surface area contributed by atoms with Gasteiger partial charge in [0.05, 0.1) is 18.2 Å². The van der Waals surface area contributed by atoms with Crippen LogP contribution in [-0.2, 0) is 11.3 Å². The molecule has 0 saturated heterocycles. The quantitative estimate of drug-likeness (QED) is 0.612. The summed E-state index contributed by atoms with van der Waals surface area (Å²) >= 11 is 0. The number of carbonyl (C=O) groups is 1. The summed E-state index contributed by atoms with van der Waals surface area (Å²) in [7, 11) is 1.30. The molecule has 0 aliphatic rings. The molecule has 5 heteroatoms. The molecule has 0 atom stereocenters. The van der Waals surface area contributed by atoms with E-state index in [1.165, 1.54) is 17.7 Å². The summed E-state index contributed by atoms with van der Waals surface area (Å²) in [5.74, 6) is -0.896. The van der Waals surface area contributed by atoms with E-state index in [2.05, 4.69) is 11.3 Å². The van der Waals surface area contributed by atoms with E-state index in [4.69, 9.17) is 4.42 Å². The second-order valence-electron chi connectivity index (χ2n) is 3.77. The van der Waals surface area contributed by atoms with Crippen LogP contribution in [-0.4, -0.2) is 17.6 Å². The van der Waals surface area contributed by atoms with Crippen LogP contribution < -0.4 is 5.76 Å². The number of esters is 1. The van der Waals surface area contributed by atoms with Crippen molar-refractivity contribution in [2.45, 2.75) is 13.0 Å². The molecule has 2 rings (SSSR count). The number of aryl methyl sites for hydroxylation is 1. The van der Waals surface area contributed by atoms with Gasteiger partial charge in [0.15, 0.2) is 5.58 Å². The van der Waals surface area contributed by atoms with E-state index in [1.54, 1.807) is 18.2 Å². The van der Waals surface area contributed by atoms with Crippen molar-refractivity contribution in [2.75, 3.05) is 7.11 Å². The van der Waals surface area contributed by atoms with Gasteiger partial charge in [0.2, 0.25) is 0 Å². The second-order valence-corrected chi connectivity index (χ2v) is 3.77. The topological polar surface area (TPSA) is 61.4 Å². The van der Waals surface area contributed by atoms with Gasteiger partial charge in [0, 0.05) is 6.54 Å². The molecule has 0 aliphatic heterocycles. The van der Waals surface area contributed by atoms with E-state index in [-0.39, 0.29) is 0 Å². The van der Waals surface area contributed by atoms with Gasteiger partial charge in [0.1, 0.15) is 0 Å². The van der Waals surface area contributed by atoms with Gasteiger partial charge in [-0.1, -0.05) is 6.08 Å². The SMILES string of the molecule is C=CCCn1c(=O)oc2cc(C(=O)OC)ccc21. The average Bonchev–Trinajstić information content (AvgIpc) is 2.70. The van der Waals surface area contributed by atoms with Crippen LogP contribution in [0.1, 0.15) is 16.8 Å². The van der Waals surface area contributed by atoms with Crippen molar-refractivity contribution in [3.63, 3.8) is 0 Å². The van der Waals surface area contributed by atoms with Gasteiger partial charge < -0.3 is 9.15 Å². The van der Waals surface area contributed by atoms with Crippen molar-refractivity contribution >= 4 is 17.1 Å². The normalized spacial score (nSPS) is 10.5. The molecule has 0 saturated carbocycles. The number of hydrogen-bond acceptors (Lipinski definition) is 4. The Morgan fingerprint density at radius 2 is 2.33 bits per heavy atom. The van der Waals surface area contributed by atoms with Crippen LogP contribution in [0.5, 0.6) is 0 Å². The molecular formula is C13H13NO4. The Morgan fingerprint density at radius 3 is 3.00 bits per heavy atom. The standard InChI is InChI=1S/C13H13NO4/c1-3-4-7-14-10-6-5-9(12(15)17-2)8-11(10)18-13(14)16/h3,5-6,8H,1,4,7H2,2H3. The highest BCUT2D eigenvalue weighted by Gasteiger charge is 2.12. The molecule has 0 radical (unpaired) electrons. The predicted octanol–water partition coefficient (Wildman–Crippen LogP) is 1.96. The van der Waals surface area contributed by atoms with E-state index in [0.29, 0.717) is 29.6 Å². The first-order chi connectivity index (χ1) is 8.67. The number of nitrogens with zero attached hydrogens (tertiary/aromatic N) is 1. The lowest BCUT2D eigenvalue weighted by molar-refractivity contribution is 0.0601. The number of fused-ring (bicyclic) bond motifs is 1. The highest BCUT2D eigenvalue weighted by Crippen LogP contribution is 2.16. The first-order valence-corrected chi connectivity index (χ1v) is 5.50. The maximum absolute atomic E-state index is 11.6. The smallest absolute Gasteiger partial charge is 0.419 e. The van der Waals surface area contributed by atoms with Crippen molar-refractivity contribution < 1.29 is 13.9 Å². The van der Waals surface area contributed by atoms with Gasteiger partial charge in [-0.25, -0.2) is 9.59 Å². The largest absolute Gasteiger partial charge is 0.465 e. The molecule has 1 aromatic carbocycles. The monoisotopic (exact) mass is 247 g/mol. The number of ether oxygens (including phenoxy) is 1. The van der Waals surface area contributed by atoms with Crippen LogP contribution in [0.25, 0.3) is 11.1 Å². The molecule has 0 N–H and O–H groups in total. The van der Waals surface area contributed by atoms with Crippen LogP contribution in [0.2, 0.25) is 0 Å². The highest BCUT2D eigenvalue weighted by molar-refractivity contribution is 5.93. The first kappa shape index (κ1) is 12.2. The third kappa shape index (κ3) is 2.07. The second kappa shape index (κ2) is 4.91. The molecule has 0 unspecified atom stereocenters. The van der Waals surface area contributed by atoms with Crippen molar-refractivity contribution in [2.24, 2.45) is 0 Å². The Kier molecular flexibility index (Phi) is 3.32. The Labute approximate surface area is 103 Å². The number of aromatic nitrogens is 1. The number of benzene rings is 1. The molecule has 18 heavy (non-hydrogen) atoms. The number of allylic oxidation sites excluding steroid dienone is 1. The fourth-order valence-corrected chi connectivity index (χ4v) is 1.74. The van der Waals surface area contributed by atoms with Crippen molar-refractivity contribution in [3.8, 4) is 0 Å². The summed E-state index contributed by atoms with van der Waals surface area (Å²) in [6, 6.07) is 4.79. The van der Waals surface area contributed by atoms with Gasteiger partial charge >= 0.3 is 11.7 Å². The minimum Gasteiger partial charge on any atom is -0.465 e. The van der Waals surface area contributed by atoms with Gasteiger partial charge in [-0.3, -0.25) is 4.57 Å². The predicted molar refractivity (Wildman–Crippen MR) is 66.6 cm³/mol. The van der Waals surface area contributed by atoms with Gasteiger partial charge in [-0.2, -0.15) is 0 Å². The van der Waals surface area contributed by atoms with Crippen LogP contribution in [0.3, 0.4) is 0 Å². The fraction of sp³-hybridized carbons (Fsp3) is 0.231. The molecule has 0 aliphatic carbocycles. The summed E-state index contributed by atoms with van der Waals surface area (Å²) in [6.07, 6.45) is 2.40. The highest BCUT2D eigenvalue weighted by atomic mass is 16.5. The Bertz CT molecular complexity index is 651. The third-order valence-corrected chi connectivity index (χ3v) is 2.65. The van der Waals surface area contributed by atoms with Crippen molar-refractivity contribution in [1.29, 1.82) is 0 Å². The lowest BCUT2D eigenvalue weighted by Crippen LogP contribution is -2.13. The Balaban J connectivity index is 2.50. The summed E-state index contributed by atoms with van der Waals surface area (Å²) < 4.78 is 11.2. The lowest BCUT2D eigenvalue weighted by Gasteiger charge is -2.00. The molecule has 1 heterocycles. The summed E-state index contributed by atoms with van der Waals surface area (Å²) in [6.45, 7) is 4.12. The van der Waals surface area contributed by atoms with E-state index < -0.39 is 11.7 Å². The minimum absolute atomic E-state index is 0.356. The van der Waals surface area contributed by atoms with Crippen LogP contribution in [0.4, 0.5) is 0 Å². The third-order valence-electron chi connectivity index (χ3n) is 2.65. The minimum atomic E-state index is -0.460. The number of rotatable bonds is 4. The number of hydrogen-bond donors (Lipinski definition) is 0. The molecule has 0 spiro atoms. The number of carbonyl (C=O) groups excluding carboxylic acids is 1. The number of oxazole rings is 1. The van der Waals surface area contributed by atoms with Crippen LogP contribution in [0.15, 0.2) is 40.1 Å². The summed E-state index contributed by atoms with van der Waals surface area (Å²) in [5.41, 5.74) is 1.40. The molecule has 0 bridgehead atoms. The Hall–Kier alpha value is -2.30. The Morgan fingerprint density at radius 1 is 1.56 bits per heavy atom. The zero-order valence-electron chi connectivity index (χ0n) is 10.0. The zero-order valence-corrected chi connectivity index (χ0v) is 10.0. The van der Waals surface area contributed by atoms with E-state index >= 15 is 0 Å². The molecule has 0 amide bonds. The average molecular weight is 247 g/mol. The summed E-state index contributed by atoms with van der Waals surface area (Å²) in [5, 5.41) is 0. The molecular weight excluding hydrogens is 234 g/mol. The van der Waals surface area contributed by atoms with Crippen LogP contribution >= 0.6 is 0 Å². The van der Waals surface area contributed by atoms with E-state index in [0.717, 1.165) is 0 Å². The molecule has 94 valence electrons. The fourth-order valence-electron chi connectivity index (χ4n) is 1.74.